The lowest BCUT2D eigenvalue weighted by atomic mass is 10.1. The van der Waals surface area contributed by atoms with Crippen molar-refractivity contribution in [3.63, 3.8) is 0 Å². The maximum absolute atomic E-state index is 9.12. The van der Waals surface area contributed by atoms with Gasteiger partial charge in [0.05, 0.1) is 25.1 Å². The van der Waals surface area contributed by atoms with Crippen LogP contribution in [0.1, 0.15) is 23.2 Å². The van der Waals surface area contributed by atoms with E-state index in [1.54, 1.807) is 18.0 Å². The van der Waals surface area contributed by atoms with Gasteiger partial charge >= 0.3 is 0 Å². The van der Waals surface area contributed by atoms with Gasteiger partial charge in [-0.3, -0.25) is 0 Å². The van der Waals surface area contributed by atoms with Crippen molar-refractivity contribution in [1.29, 1.82) is 0 Å². The van der Waals surface area contributed by atoms with E-state index < -0.39 is 0 Å². The first-order valence-electron chi connectivity index (χ1n) is 7.06. The number of aliphatic hydroxyl groups is 1. The molecule has 4 nitrogen and oxygen atoms in total. The number of nitrogens with zero attached hydrogens (tertiary/aromatic N) is 2. The second-order valence-corrected chi connectivity index (χ2v) is 6.11. The van der Waals surface area contributed by atoms with Gasteiger partial charge in [-0.1, -0.05) is 17.8 Å². The van der Waals surface area contributed by atoms with Crippen LogP contribution in [0, 0.1) is 13.8 Å². The summed E-state index contributed by atoms with van der Waals surface area (Å²) in [6.07, 6.45) is 2.67. The Morgan fingerprint density at radius 1 is 1.29 bits per heavy atom. The van der Waals surface area contributed by atoms with Crippen LogP contribution >= 0.6 is 11.8 Å². The minimum atomic E-state index is 0.0277. The Balaban J connectivity index is 1.72. The normalized spacial score (nSPS) is 10.9. The van der Waals surface area contributed by atoms with Gasteiger partial charge in [0.1, 0.15) is 5.75 Å². The molecule has 0 atom stereocenters. The van der Waals surface area contributed by atoms with Gasteiger partial charge in [0, 0.05) is 12.8 Å². The van der Waals surface area contributed by atoms with Crippen LogP contribution in [0.15, 0.2) is 29.6 Å². The lowest BCUT2D eigenvalue weighted by molar-refractivity contribution is 0.271. The predicted octanol–water partition coefficient (Wildman–Crippen LogP) is 3.09. The summed E-state index contributed by atoms with van der Waals surface area (Å²) in [4.78, 5) is 4.29. The monoisotopic (exact) mass is 306 g/mol. The zero-order chi connectivity index (χ0) is 15.2. The quantitative estimate of drug-likeness (QED) is 0.631. The number of aromatic nitrogens is 2. The first-order valence-corrected chi connectivity index (χ1v) is 8.04. The largest absolute Gasteiger partial charge is 0.494 e. The van der Waals surface area contributed by atoms with Crippen LogP contribution in [0.3, 0.4) is 0 Å². The highest BCUT2D eigenvalue weighted by Crippen LogP contribution is 2.19. The average Bonchev–Trinajstić information content (AvgIpc) is 2.83. The fourth-order valence-corrected chi connectivity index (χ4v) is 2.81. The standard InChI is InChI=1S/C16H22N2O2S/c1-12-5-6-15(9-13(12)2)20-7-4-8-21-16-17-10-14(11-19)18(16)3/h5-6,9-10,19H,4,7-8,11H2,1-3H3. The Bertz CT molecular complexity index is 596. The van der Waals surface area contributed by atoms with E-state index in [1.807, 2.05) is 17.7 Å². The molecule has 1 aromatic heterocycles. The molecule has 5 heteroatoms. The maximum Gasteiger partial charge on any atom is 0.167 e. The maximum atomic E-state index is 9.12. The Labute approximate surface area is 130 Å². The third kappa shape index (κ3) is 4.25. The van der Waals surface area contributed by atoms with Crippen molar-refractivity contribution in [1.82, 2.24) is 9.55 Å². The molecule has 0 bridgehead atoms. The number of benzene rings is 1. The molecule has 0 saturated carbocycles. The number of aliphatic hydroxyl groups excluding tert-OH is 1. The van der Waals surface area contributed by atoms with Crippen LogP contribution < -0.4 is 4.74 Å². The van der Waals surface area contributed by atoms with Gasteiger partial charge in [0.15, 0.2) is 5.16 Å². The van der Waals surface area contributed by atoms with Gasteiger partial charge in [0.25, 0.3) is 0 Å². The first-order chi connectivity index (χ1) is 10.1. The van der Waals surface area contributed by atoms with Crippen LogP contribution in [0.5, 0.6) is 5.75 Å². The molecule has 0 saturated heterocycles. The minimum absolute atomic E-state index is 0.0277. The molecule has 1 heterocycles. The Hall–Kier alpha value is -1.46. The number of rotatable bonds is 7. The van der Waals surface area contributed by atoms with Crippen molar-refractivity contribution in [2.24, 2.45) is 7.05 Å². The van der Waals surface area contributed by atoms with Gasteiger partial charge in [-0.05, 0) is 43.5 Å². The summed E-state index contributed by atoms with van der Waals surface area (Å²) in [5, 5.41) is 10.1. The molecule has 1 N–H and O–H groups in total. The third-order valence-corrected chi connectivity index (χ3v) is 4.60. The molecule has 21 heavy (non-hydrogen) atoms. The molecule has 0 aliphatic rings. The fraction of sp³-hybridized carbons (Fsp3) is 0.438. The van der Waals surface area contributed by atoms with E-state index in [0.717, 1.165) is 28.8 Å². The van der Waals surface area contributed by atoms with E-state index in [2.05, 4.69) is 31.0 Å². The van der Waals surface area contributed by atoms with Crippen molar-refractivity contribution in [2.45, 2.75) is 32.0 Å². The van der Waals surface area contributed by atoms with Crippen LogP contribution in [-0.2, 0) is 13.7 Å². The molecule has 0 aliphatic carbocycles. The summed E-state index contributed by atoms with van der Waals surface area (Å²) < 4.78 is 7.68. The highest BCUT2D eigenvalue weighted by Gasteiger charge is 2.05. The number of hydrogen-bond donors (Lipinski definition) is 1. The summed E-state index contributed by atoms with van der Waals surface area (Å²) in [6, 6.07) is 6.18. The van der Waals surface area contributed by atoms with Gasteiger partial charge in [0.2, 0.25) is 0 Å². The van der Waals surface area contributed by atoms with Crippen LogP contribution in [0.25, 0.3) is 0 Å². The number of imidazole rings is 1. The molecule has 0 fully saturated rings. The highest BCUT2D eigenvalue weighted by atomic mass is 32.2. The molecule has 2 aromatic rings. The van der Waals surface area contributed by atoms with Crippen LogP contribution in [-0.4, -0.2) is 27.0 Å². The van der Waals surface area contributed by atoms with Crippen molar-refractivity contribution < 1.29 is 9.84 Å². The summed E-state index contributed by atoms with van der Waals surface area (Å²) in [7, 11) is 1.92. The van der Waals surface area contributed by atoms with Gasteiger partial charge in [-0.2, -0.15) is 0 Å². The second kappa shape index (κ2) is 7.52. The lowest BCUT2D eigenvalue weighted by Gasteiger charge is -2.08. The summed E-state index contributed by atoms with van der Waals surface area (Å²) in [6.45, 7) is 4.92. The average molecular weight is 306 g/mol. The number of aryl methyl sites for hydroxylation is 2. The Morgan fingerprint density at radius 2 is 2.10 bits per heavy atom. The van der Waals surface area contributed by atoms with Gasteiger partial charge in [-0.25, -0.2) is 4.98 Å². The van der Waals surface area contributed by atoms with E-state index in [1.165, 1.54) is 11.1 Å². The number of ether oxygens (including phenoxy) is 1. The molecule has 0 spiro atoms. The van der Waals surface area contributed by atoms with Crippen molar-refractivity contribution >= 4 is 11.8 Å². The topological polar surface area (TPSA) is 47.3 Å². The molecule has 0 aliphatic heterocycles. The van der Waals surface area contributed by atoms with Crippen molar-refractivity contribution in [2.75, 3.05) is 12.4 Å². The van der Waals surface area contributed by atoms with Gasteiger partial charge in [-0.15, -0.1) is 0 Å². The first kappa shape index (κ1) is 15.9. The lowest BCUT2D eigenvalue weighted by Crippen LogP contribution is -2.01. The molecule has 0 unspecified atom stereocenters. The molecular weight excluding hydrogens is 284 g/mol. The van der Waals surface area contributed by atoms with E-state index in [-0.39, 0.29) is 6.61 Å². The molecule has 1 aromatic carbocycles. The van der Waals surface area contributed by atoms with Crippen LogP contribution in [0.4, 0.5) is 0 Å². The zero-order valence-electron chi connectivity index (χ0n) is 12.8. The summed E-state index contributed by atoms with van der Waals surface area (Å²) in [5.41, 5.74) is 3.38. The van der Waals surface area contributed by atoms with Crippen molar-refractivity contribution in [3.05, 3.63) is 41.2 Å². The van der Waals surface area contributed by atoms with E-state index >= 15 is 0 Å². The molecular formula is C16H22N2O2S. The van der Waals surface area contributed by atoms with Crippen LogP contribution in [0.2, 0.25) is 0 Å². The molecule has 114 valence electrons. The number of hydrogen-bond acceptors (Lipinski definition) is 4. The predicted molar refractivity (Wildman–Crippen MR) is 85.9 cm³/mol. The van der Waals surface area contributed by atoms with Crippen molar-refractivity contribution in [3.8, 4) is 5.75 Å². The number of thioether (sulfide) groups is 1. The van der Waals surface area contributed by atoms with E-state index in [9.17, 15) is 0 Å². The molecule has 2 rings (SSSR count). The zero-order valence-corrected chi connectivity index (χ0v) is 13.6. The smallest absolute Gasteiger partial charge is 0.167 e. The second-order valence-electron chi connectivity index (χ2n) is 5.05. The van der Waals surface area contributed by atoms with Gasteiger partial charge < -0.3 is 14.4 Å². The SMILES string of the molecule is Cc1ccc(OCCCSc2ncc(CO)n2C)cc1C. The Morgan fingerprint density at radius 3 is 2.76 bits per heavy atom. The molecule has 0 radical (unpaired) electrons. The Kier molecular flexibility index (Phi) is 5.70. The summed E-state index contributed by atoms with van der Waals surface area (Å²) in [5.74, 6) is 1.88. The molecule has 0 amide bonds. The third-order valence-electron chi connectivity index (χ3n) is 3.47. The highest BCUT2D eigenvalue weighted by molar-refractivity contribution is 7.99. The summed E-state index contributed by atoms with van der Waals surface area (Å²) >= 11 is 1.68. The van der Waals surface area contributed by atoms with E-state index in [0.29, 0.717) is 6.61 Å². The fourth-order valence-electron chi connectivity index (χ4n) is 1.92. The minimum Gasteiger partial charge on any atom is -0.494 e. The van der Waals surface area contributed by atoms with E-state index in [4.69, 9.17) is 9.84 Å².